The molecule has 1 aromatic heterocycles. The summed E-state index contributed by atoms with van der Waals surface area (Å²) in [5, 5.41) is 14.5. The monoisotopic (exact) mass is 521 g/mol. The predicted octanol–water partition coefficient (Wildman–Crippen LogP) is 5.08. The summed E-state index contributed by atoms with van der Waals surface area (Å²) in [6, 6.07) is 23.7. The van der Waals surface area contributed by atoms with Gasteiger partial charge >= 0.3 is 0 Å². The van der Waals surface area contributed by atoms with Gasteiger partial charge in [-0.25, -0.2) is 4.98 Å². The molecular formula is C32H35N5O2. The van der Waals surface area contributed by atoms with Crippen molar-refractivity contribution < 1.29 is 9.59 Å². The lowest BCUT2D eigenvalue weighted by molar-refractivity contribution is -0.131. The van der Waals surface area contributed by atoms with Crippen LogP contribution in [0.3, 0.4) is 0 Å². The van der Waals surface area contributed by atoms with Gasteiger partial charge in [-0.2, -0.15) is 5.26 Å². The molecule has 0 aliphatic rings. The minimum atomic E-state index is -0.184. The lowest BCUT2D eigenvalue weighted by Gasteiger charge is -2.31. The molecule has 7 heteroatoms. The molecule has 1 heterocycles. The van der Waals surface area contributed by atoms with Crippen LogP contribution in [0.1, 0.15) is 49.6 Å². The Morgan fingerprint density at radius 3 is 2.54 bits per heavy atom. The number of hydrogen-bond donors (Lipinski definition) is 1. The van der Waals surface area contributed by atoms with Crippen LogP contribution in [0, 0.1) is 17.2 Å². The Hall–Kier alpha value is -4.44. The van der Waals surface area contributed by atoms with E-state index in [0.717, 1.165) is 34.0 Å². The van der Waals surface area contributed by atoms with Gasteiger partial charge < -0.3 is 14.8 Å². The molecule has 0 saturated heterocycles. The van der Waals surface area contributed by atoms with E-state index in [1.807, 2.05) is 39.8 Å². The van der Waals surface area contributed by atoms with Crippen molar-refractivity contribution in [2.75, 3.05) is 6.54 Å². The largest absolute Gasteiger partial charge is 0.351 e. The number of hydrogen-bond acceptors (Lipinski definition) is 4. The molecule has 2 amide bonds. The Kier molecular flexibility index (Phi) is 9.11. The first-order chi connectivity index (χ1) is 18.9. The number of amides is 2. The summed E-state index contributed by atoms with van der Waals surface area (Å²) in [5.41, 5.74) is 3.53. The number of nitrogens with one attached hydrogen (secondary N) is 1. The SMILES string of the molecule is CCC(C)[C@@H](CN(Cc1cccc2ccccc12)C(C)=O)NC(=O)Cc1cncn1Cc1ccc(C#N)cc1. The Balaban J connectivity index is 1.45. The fraction of sp³-hybridized carbons (Fsp3) is 0.312. The molecular weight excluding hydrogens is 486 g/mol. The number of aromatic nitrogens is 2. The van der Waals surface area contributed by atoms with Gasteiger partial charge in [-0.3, -0.25) is 9.59 Å². The van der Waals surface area contributed by atoms with Crippen LogP contribution in [0.15, 0.2) is 79.3 Å². The van der Waals surface area contributed by atoms with Gasteiger partial charge in [-0.1, -0.05) is 74.9 Å². The molecule has 7 nitrogen and oxygen atoms in total. The van der Waals surface area contributed by atoms with Gasteiger partial charge in [0.2, 0.25) is 11.8 Å². The van der Waals surface area contributed by atoms with E-state index in [1.54, 1.807) is 31.6 Å². The van der Waals surface area contributed by atoms with E-state index in [9.17, 15) is 9.59 Å². The predicted molar refractivity (Wildman–Crippen MR) is 153 cm³/mol. The maximum atomic E-state index is 13.2. The van der Waals surface area contributed by atoms with Gasteiger partial charge in [0.25, 0.3) is 0 Å². The highest BCUT2D eigenvalue weighted by Crippen LogP contribution is 2.21. The van der Waals surface area contributed by atoms with Crippen molar-refractivity contribution in [3.63, 3.8) is 0 Å². The quantitative estimate of drug-likeness (QED) is 0.298. The second-order valence-electron chi connectivity index (χ2n) is 10.1. The highest BCUT2D eigenvalue weighted by Gasteiger charge is 2.24. The second-order valence-corrected chi connectivity index (χ2v) is 10.1. The van der Waals surface area contributed by atoms with Gasteiger partial charge in [-0.05, 0) is 39.9 Å². The van der Waals surface area contributed by atoms with Crippen molar-refractivity contribution in [1.82, 2.24) is 19.8 Å². The van der Waals surface area contributed by atoms with E-state index in [-0.39, 0.29) is 30.2 Å². The standard InChI is InChI=1S/C32H35N5O2/c1-4-23(2)31(21-36(24(3)38)20-28-10-7-9-27-8-5-6-11-30(27)28)35-32(39)16-29-18-34-22-37(29)19-26-14-12-25(17-33)13-15-26/h5-15,18,22-23,31H,4,16,19-21H2,1-3H3,(H,35,39)/t23?,31-/m1/s1. The Morgan fingerprint density at radius 2 is 1.82 bits per heavy atom. The third-order valence-electron chi connectivity index (χ3n) is 7.36. The van der Waals surface area contributed by atoms with E-state index in [2.05, 4.69) is 54.5 Å². The fourth-order valence-corrected chi connectivity index (χ4v) is 4.77. The minimum Gasteiger partial charge on any atom is -0.351 e. The number of carbonyl (C=O) groups excluding carboxylic acids is 2. The minimum absolute atomic E-state index is 0.0222. The molecule has 0 aliphatic heterocycles. The lowest BCUT2D eigenvalue weighted by Crippen LogP contribution is -2.48. The molecule has 4 rings (SSSR count). The maximum absolute atomic E-state index is 13.2. The van der Waals surface area contributed by atoms with E-state index >= 15 is 0 Å². The fourth-order valence-electron chi connectivity index (χ4n) is 4.77. The van der Waals surface area contributed by atoms with Crippen LogP contribution in [0.5, 0.6) is 0 Å². The van der Waals surface area contributed by atoms with Crippen molar-refractivity contribution in [1.29, 1.82) is 5.26 Å². The number of benzene rings is 3. The molecule has 3 aromatic carbocycles. The van der Waals surface area contributed by atoms with Crippen molar-refractivity contribution in [3.8, 4) is 6.07 Å². The van der Waals surface area contributed by atoms with E-state index in [1.165, 1.54) is 0 Å². The number of nitriles is 1. The van der Waals surface area contributed by atoms with Crippen LogP contribution in [0.4, 0.5) is 0 Å². The molecule has 0 aliphatic carbocycles. The van der Waals surface area contributed by atoms with E-state index in [0.29, 0.717) is 25.2 Å². The van der Waals surface area contributed by atoms with Gasteiger partial charge in [0, 0.05) is 44.5 Å². The first kappa shape index (κ1) is 27.6. The average molecular weight is 522 g/mol. The average Bonchev–Trinajstić information content (AvgIpc) is 3.38. The first-order valence-electron chi connectivity index (χ1n) is 13.4. The van der Waals surface area contributed by atoms with Crippen molar-refractivity contribution in [2.24, 2.45) is 5.92 Å². The summed E-state index contributed by atoms with van der Waals surface area (Å²) in [6.45, 7) is 7.27. The third kappa shape index (κ3) is 7.11. The van der Waals surface area contributed by atoms with E-state index < -0.39 is 0 Å². The molecule has 0 radical (unpaired) electrons. The summed E-state index contributed by atoms with van der Waals surface area (Å²) in [6.07, 6.45) is 4.49. The summed E-state index contributed by atoms with van der Waals surface area (Å²) in [4.78, 5) is 32.0. The highest BCUT2D eigenvalue weighted by atomic mass is 16.2. The van der Waals surface area contributed by atoms with Gasteiger partial charge in [0.1, 0.15) is 0 Å². The molecule has 39 heavy (non-hydrogen) atoms. The molecule has 0 saturated carbocycles. The van der Waals surface area contributed by atoms with Crippen LogP contribution in [0.25, 0.3) is 10.8 Å². The summed E-state index contributed by atoms with van der Waals surface area (Å²) in [7, 11) is 0. The van der Waals surface area contributed by atoms with Gasteiger partial charge in [-0.15, -0.1) is 0 Å². The van der Waals surface area contributed by atoms with Crippen LogP contribution < -0.4 is 5.32 Å². The molecule has 1 N–H and O–H groups in total. The number of rotatable bonds is 11. The molecule has 0 fully saturated rings. The first-order valence-corrected chi connectivity index (χ1v) is 13.4. The number of nitrogens with zero attached hydrogens (tertiary/aromatic N) is 4. The normalized spacial score (nSPS) is 12.5. The number of fused-ring (bicyclic) bond motifs is 1. The zero-order valence-electron chi connectivity index (χ0n) is 22.8. The van der Waals surface area contributed by atoms with Crippen molar-refractivity contribution >= 4 is 22.6 Å². The van der Waals surface area contributed by atoms with E-state index in [4.69, 9.17) is 5.26 Å². The van der Waals surface area contributed by atoms with Gasteiger partial charge in [0.15, 0.2) is 0 Å². The van der Waals surface area contributed by atoms with Crippen LogP contribution in [-0.2, 0) is 29.1 Å². The number of imidazole rings is 1. The molecule has 1 unspecified atom stereocenters. The molecule has 0 spiro atoms. The molecule has 200 valence electrons. The highest BCUT2D eigenvalue weighted by molar-refractivity contribution is 5.86. The second kappa shape index (κ2) is 12.9. The van der Waals surface area contributed by atoms with Crippen LogP contribution in [0.2, 0.25) is 0 Å². The topological polar surface area (TPSA) is 91.0 Å². The Labute approximate surface area is 230 Å². The molecule has 0 bridgehead atoms. The maximum Gasteiger partial charge on any atom is 0.226 e. The summed E-state index contributed by atoms with van der Waals surface area (Å²) in [5.74, 6) is 0.0633. The molecule has 4 aromatic rings. The van der Waals surface area contributed by atoms with Crippen LogP contribution >= 0.6 is 0 Å². The summed E-state index contributed by atoms with van der Waals surface area (Å²) >= 11 is 0. The lowest BCUT2D eigenvalue weighted by atomic mass is 9.97. The van der Waals surface area contributed by atoms with Gasteiger partial charge in [0.05, 0.1) is 24.4 Å². The van der Waals surface area contributed by atoms with Crippen LogP contribution in [-0.4, -0.2) is 38.9 Å². The Bertz CT molecular complexity index is 1460. The summed E-state index contributed by atoms with van der Waals surface area (Å²) < 4.78 is 1.95. The Morgan fingerprint density at radius 1 is 1.08 bits per heavy atom. The zero-order valence-corrected chi connectivity index (χ0v) is 22.8. The zero-order chi connectivity index (χ0) is 27.8. The third-order valence-corrected chi connectivity index (χ3v) is 7.36. The number of carbonyl (C=O) groups is 2. The smallest absolute Gasteiger partial charge is 0.226 e. The van der Waals surface area contributed by atoms with Crippen molar-refractivity contribution in [3.05, 3.63) is 102 Å². The van der Waals surface area contributed by atoms with Crippen molar-refractivity contribution in [2.45, 2.75) is 52.7 Å². The molecule has 2 atom stereocenters.